The van der Waals surface area contributed by atoms with Crippen molar-refractivity contribution in [1.29, 1.82) is 0 Å². The Morgan fingerprint density at radius 1 is 1.13 bits per heavy atom. The van der Waals surface area contributed by atoms with Crippen LogP contribution in [0.5, 0.6) is 5.75 Å². The minimum absolute atomic E-state index is 0. The van der Waals surface area contributed by atoms with Crippen LogP contribution in [0.15, 0.2) is 59.6 Å². The number of rotatable bonds is 8. The Morgan fingerprint density at radius 3 is 2.53 bits per heavy atom. The molecule has 0 amide bonds. The van der Waals surface area contributed by atoms with Gasteiger partial charge in [-0.25, -0.2) is 4.99 Å². The van der Waals surface area contributed by atoms with Crippen molar-refractivity contribution in [3.63, 3.8) is 0 Å². The molecular weight excluding hydrogens is 505 g/mol. The van der Waals surface area contributed by atoms with E-state index in [1.165, 1.54) is 12.1 Å². The Hall–Kier alpha value is -2.40. The standard InChI is InChI=1S/C21H24F2N4O2.HI/c1-2-24-21(25-12-16-11-15-5-3-4-6-18(15)27-16)26-13-19(28)14-7-9-17(10-8-14)29-20(22)23;/h3-11,19-20,27-28H,2,12-13H2,1H3,(H2,24,25,26);1H. The highest BCUT2D eigenvalue weighted by atomic mass is 127. The quantitative estimate of drug-likeness (QED) is 0.200. The van der Waals surface area contributed by atoms with Gasteiger partial charge in [0.05, 0.1) is 12.6 Å². The van der Waals surface area contributed by atoms with E-state index in [0.717, 1.165) is 16.6 Å². The van der Waals surface area contributed by atoms with Crippen molar-refractivity contribution in [3.05, 3.63) is 65.9 Å². The minimum atomic E-state index is -2.87. The Morgan fingerprint density at radius 2 is 1.87 bits per heavy atom. The van der Waals surface area contributed by atoms with E-state index < -0.39 is 12.7 Å². The van der Waals surface area contributed by atoms with E-state index in [4.69, 9.17) is 0 Å². The number of alkyl halides is 2. The van der Waals surface area contributed by atoms with Crippen LogP contribution in [0.4, 0.5) is 8.78 Å². The van der Waals surface area contributed by atoms with E-state index in [9.17, 15) is 13.9 Å². The maximum atomic E-state index is 12.2. The molecule has 4 N–H and O–H groups in total. The highest BCUT2D eigenvalue weighted by molar-refractivity contribution is 14.0. The number of H-pyrrole nitrogens is 1. The monoisotopic (exact) mass is 530 g/mol. The summed E-state index contributed by atoms with van der Waals surface area (Å²) in [5.74, 6) is 0.625. The highest BCUT2D eigenvalue weighted by Crippen LogP contribution is 2.19. The maximum absolute atomic E-state index is 12.2. The van der Waals surface area contributed by atoms with Gasteiger partial charge >= 0.3 is 6.61 Å². The lowest BCUT2D eigenvalue weighted by Crippen LogP contribution is -2.39. The largest absolute Gasteiger partial charge is 0.435 e. The van der Waals surface area contributed by atoms with Gasteiger partial charge in [0.15, 0.2) is 5.96 Å². The molecule has 1 aromatic heterocycles. The summed E-state index contributed by atoms with van der Waals surface area (Å²) in [6, 6.07) is 16.0. The van der Waals surface area contributed by atoms with Gasteiger partial charge in [-0.05, 0) is 42.1 Å². The lowest BCUT2D eigenvalue weighted by molar-refractivity contribution is -0.0498. The first kappa shape index (κ1) is 23.9. The zero-order chi connectivity index (χ0) is 20.6. The van der Waals surface area contributed by atoms with E-state index in [1.54, 1.807) is 12.1 Å². The van der Waals surface area contributed by atoms with Gasteiger partial charge in [0.25, 0.3) is 0 Å². The zero-order valence-electron chi connectivity index (χ0n) is 16.4. The van der Waals surface area contributed by atoms with Gasteiger partial charge in [-0.3, -0.25) is 0 Å². The molecule has 0 radical (unpaired) electrons. The molecule has 3 rings (SSSR count). The second-order valence-electron chi connectivity index (χ2n) is 6.42. The minimum Gasteiger partial charge on any atom is -0.435 e. The fourth-order valence-corrected chi connectivity index (χ4v) is 2.91. The summed E-state index contributed by atoms with van der Waals surface area (Å²) in [5.41, 5.74) is 2.63. The van der Waals surface area contributed by atoms with Crippen molar-refractivity contribution in [2.75, 3.05) is 13.1 Å². The van der Waals surface area contributed by atoms with Crippen molar-refractivity contribution < 1.29 is 18.6 Å². The van der Waals surface area contributed by atoms with Crippen molar-refractivity contribution >= 4 is 40.8 Å². The summed E-state index contributed by atoms with van der Waals surface area (Å²) in [4.78, 5) is 7.87. The topological polar surface area (TPSA) is 81.7 Å². The van der Waals surface area contributed by atoms with Crippen molar-refractivity contribution in [3.8, 4) is 5.75 Å². The van der Waals surface area contributed by atoms with E-state index in [1.807, 2.05) is 31.2 Å². The summed E-state index contributed by atoms with van der Waals surface area (Å²) in [5, 5.41) is 17.7. The van der Waals surface area contributed by atoms with E-state index in [-0.39, 0.29) is 36.3 Å². The van der Waals surface area contributed by atoms with Gasteiger partial charge in [-0.1, -0.05) is 30.3 Å². The van der Waals surface area contributed by atoms with Gasteiger partial charge < -0.3 is 25.5 Å². The third kappa shape index (κ3) is 6.84. The molecule has 1 unspecified atom stereocenters. The molecule has 0 aliphatic carbocycles. The number of aliphatic hydroxyl groups excluding tert-OH is 1. The Kier molecular flexibility index (Phi) is 9.31. The lowest BCUT2D eigenvalue weighted by atomic mass is 10.1. The Bertz CT molecular complexity index is 915. The van der Waals surface area contributed by atoms with Gasteiger partial charge in [-0.15, -0.1) is 24.0 Å². The molecule has 3 aromatic rings. The number of benzene rings is 2. The molecule has 0 saturated heterocycles. The number of fused-ring (bicyclic) bond motifs is 1. The number of hydrogen-bond acceptors (Lipinski definition) is 3. The molecule has 1 heterocycles. The van der Waals surface area contributed by atoms with Crippen LogP contribution in [-0.2, 0) is 6.54 Å². The molecule has 162 valence electrons. The fraction of sp³-hybridized carbons (Fsp3) is 0.286. The van der Waals surface area contributed by atoms with Crippen molar-refractivity contribution in [2.45, 2.75) is 26.2 Å². The Labute approximate surface area is 190 Å². The van der Waals surface area contributed by atoms with Crippen LogP contribution < -0.4 is 15.4 Å². The molecule has 2 aromatic carbocycles. The third-order valence-electron chi connectivity index (χ3n) is 4.29. The van der Waals surface area contributed by atoms with Gasteiger partial charge in [0.2, 0.25) is 0 Å². The Balaban J connectivity index is 0.00000320. The molecule has 0 spiro atoms. The smallest absolute Gasteiger partial charge is 0.387 e. The number of aliphatic imine (C=N–C) groups is 1. The van der Waals surface area contributed by atoms with Gasteiger partial charge in [-0.2, -0.15) is 8.78 Å². The number of hydrogen-bond donors (Lipinski definition) is 4. The molecular formula is C21H25F2IN4O2. The van der Waals surface area contributed by atoms with Crippen LogP contribution in [0.1, 0.15) is 24.3 Å². The summed E-state index contributed by atoms with van der Waals surface area (Å²) in [6.45, 7) is 0.434. The number of aromatic nitrogens is 1. The SMILES string of the molecule is CCNC(=NCc1cc2ccccc2[nH]1)NCC(O)c1ccc(OC(F)F)cc1.I. The predicted octanol–water partition coefficient (Wildman–Crippen LogP) is 4.18. The molecule has 0 fully saturated rings. The number of aliphatic hydroxyl groups is 1. The number of nitrogens with zero attached hydrogens (tertiary/aromatic N) is 1. The molecule has 0 bridgehead atoms. The summed E-state index contributed by atoms with van der Waals surface area (Å²) < 4.78 is 28.7. The van der Waals surface area contributed by atoms with Crippen molar-refractivity contribution in [2.24, 2.45) is 4.99 Å². The zero-order valence-corrected chi connectivity index (χ0v) is 18.8. The molecule has 0 aliphatic rings. The number of ether oxygens (including phenoxy) is 1. The number of guanidine groups is 1. The van der Waals surface area contributed by atoms with E-state index in [2.05, 4.69) is 31.4 Å². The lowest BCUT2D eigenvalue weighted by Gasteiger charge is -2.16. The number of aromatic amines is 1. The van der Waals surface area contributed by atoms with Crippen molar-refractivity contribution in [1.82, 2.24) is 15.6 Å². The maximum Gasteiger partial charge on any atom is 0.387 e. The first-order valence-electron chi connectivity index (χ1n) is 9.37. The predicted molar refractivity (Wildman–Crippen MR) is 125 cm³/mol. The van der Waals surface area contributed by atoms with E-state index >= 15 is 0 Å². The molecule has 9 heteroatoms. The van der Waals surface area contributed by atoms with Crippen LogP contribution in [0.3, 0.4) is 0 Å². The van der Waals surface area contributed by atoms with Crippen LogP contribution in [0.2, 0.25) is 0 Å². The average molecular weight is 530 g/mol. The summed E-state index contributed by atoms with van der Waals surface area (Å²) in [7, 11) is 0. The average Bonchev–Trinajstić information content (AvgIpc) is 3.13. The third-order valence-corrected chi connectivity index (χ3v) is 4.29. The molecule has 0 saturated carbocycles. The first-order chi connectivity index (χ1) is 14.0. The van der Waals surface area contributed by atoms with Crippen LogP contribution in [-0.4, -0.2) is 35.8 Å². The van der Waals surface area contributed by atoms with Crippen LogP contribution >= 0.6 is 24.0 Å². The number of para-hydroxylation sites is 1. The first-order valence-corrected chi connectivity index (χ1v) is 9.37. The fourth-order valence-electron chi connectivity index (χ4n) is 2.91. The number of nitrogens with one attached hydrogen (secondary N) is 3. The summed E-state index contributed by atoms with van der Waals surface area (Å²) in [6.07, 6.45) is -0.826. The molecule has 0 aliphatic heterocycles. The second-order valence-corrected chi connectivity index (χ2v) is 6.42. The van der Waals surface area contributed by atoms with Gasteiger partial charge in [0, 0.05) is 24.3 Å². The summed E-state index contributed by atoms with van der Waals surface area (Å²) >= 11 is 0. The highest BCUT2D eigenvalue weighted by Gasteiger charge is 2.10. The number of halogens is 3. The molecule has 1 atom stereocenters. The molecule has 30 heavy (non-hydrogen) atoms. The van der Waals surface area contributed by atoms with Crippen LogP contribution in [0.25, 0.3) is 10.9 Å². The van der Waals surface area contributed by atoms with Crippen LogP contribution in [0, 0.1) is 0 Å². The second kappa shape index (κ2) is 11.7. The van der Waals surface area contributed by atoms with E-state index in [0.29, 0.717) is 24.6 Å². The van der Waals surface area contributed by atoms with Gasteiger partial charge in [0.1, 0.15) is 5.75 Å². The normalized spacial score (nSPS) is 12.5. The molecule has 6 nitrogen and oxygen atoms in total.